The minimum atomic E-state index is -5.61. The molecule has 8 nitrogen and oxygen atoms in total. The molecule has 0 saturated carbocycles. The Balaban J connectivity index is -0.000000168. The molecule has 0 aromatic carbocycles. The van der Waals surface area contributed by atoms with Gasteiger partial charge in [0, 0.05) is 0 Å². The number of unbranched alkanes of at least 4 members (excludes halogenated alkanes) is 8. The monoisotopic (exact) mass is 725 g/mol. The van der Waals surface area contributed by atoms with Crippen LogP contribution >= 0.6 is 0 Å². The van der Waals surface area contributed by atoms with E-state index in [-0.39, 0.29) is 0 Å². The molecule has 0 aliphatic carbocycles. The average Bonchev–Trinajstić information content (AvgIpc) is 3.01. The SMILES string of the molecule is CCCC[N+](C)(C)CCCC.CCCC[N+](C)(C)CCCC.CCCC[N+](C)(C)CCCC.CCCC[N+](C)(C)CCCC.[O-][Si]([O-])([O-])[O-]. The zero-order chi connectivity index (χ0) is 39.5. The van der Waals surface area contributed by atoms with Gasteiger partial charge < -0.3 is 46.2 Å². The highest BCUT2D eigenvalue weighted by atomic mass is 28.4. The first kappa shape index (κ1) is 58.2. The molecule has 49 heavy (non-hydrogen) atoms. The lowest BCUT2D eigenvalue weighted by Gasteiger charge is -2.67. The van der Waals surface area contributed by atoms with E-state index in [0.717, 1.165) is 0 Å². The summed E-state index contributed by atoms with van der Waals surface area (Å²) in [6.45, 7) is 28.9. The maximum absolute atomic E-state index is 8.58. The lowest BCUT2D eigenvalue weighted by atomic mass is 10.2. The Bertz CT molecular complexity index is 500. The zero-order valence-corrected chi connectivity index (χ0v) is 37.9. The molecule has 0 fully saturated rings. The molecule has 0 radical (unpaired) electrons. The second-order valence-electron chi connectivity index (χ2n) is 16.9. The van der Waals surface area contributed by atoms with Crippen molar-refractivity contribution in [1.82, 2.24) is 0 Å². The Hall–Kier alpha value is -0.103. The lowest BCUT2D eigenvalue weighted by molar-refractivity contribution is -0.890. The van der Waals surface area contributed by atoms with Gasteiger partial charge in [-0.15, -0.1) is 0 Å². The van der Waals surface area contributed by atoms with Crippen LogP contribution in [0.3, 0.4) is 0 Å². The molecule has 0 aromatic rings. The number of rotatable bonds is 24. The van der Waals surface area contributed by atoms with Crippen molar-refractivity contribution >= 4 is 9.05 Å². The highest BCUT2D eigenvalue weighted by molar-refractivity contribution is 6.38. The molecule has 0 heterocycles. The van der Waals surface area contributed by atoms with Crippen LogP contribution in [-0.2, 0) is 0 Å². The summed E-state index contributed by atoms with van der Waals surface area (Å²) in [7, 11) is 13.1. The molecule has 0 aliphatic rings. The molecular formula is C40H96N4O4Si. The van der Waals surface area contributed by atoms with E-state index in [1.807, 2.05) is 0 Å². The van der Waals surface area contributed by atoms with E-state index in [4.69, 9.17) is 19.2 Å². The first-order chi connectivity index (χ1) is 22.5. The predicted octanol–water partition coefficient (Wildman–Crippen LogP) is 5.52. The second kappa shape index (κ2) is 36.3. The summed E-state index contributed by atoms with van der Waals surface area (Å²) in [4.78, 5) is 34.3. The van der Waals surface area contributed by atoms with Crippen molar-refractivity contribution in [1.29, 1.82) is 0 Å². The van der Waals surface area contributed by atoms with Gasteiger partial charge in [0.05, 0.1) is 109 Å². The average molecular weight is 725 g/mol. The molecule has 0 unspecified atom stereocenters. The summed E-state index contributed by atoms with van der Waals surface area (Å²) in [5.74, 6) is 0. The standard InChI is InChI=1S/4C10H24N.O4Si/c4*1-5-7-9-11(3,4)10-8-6-2;1-5(2,3)4/h4*5-10H2,1-4H3;/q4*+1;-4. The van der Waals surface area contributed by atoms with Gasteiger partial charge in [-0.3, -0.25) is 0 Å². The van der Waals surface area contributed by atoms with E-state index in [1.54, 1.807) is 0 Å². The Morgan fingerprint density at radius 2 is 0.347 bits per heavy atom. The van der Waals surface area contributed by atoms with E-state index in [1.165, 1.54) is 173 Å². The van der Waals surface area contributed by atoms with Crippen LogP contribution in [0.1, 0.15) is 158 Å². The number of nitrogens with zero attached hydrogens (tertiary/aromatic N) is 4. The molecule has 0 spiro atoms. The quantitative estimate of drug-likeness (QED) is 0.0970. The van der Waals surface area contributed by atoms with Gasteiger partial charge in [0.1, 0.15) is 0 Å². The largest absolute Gasteiger partial charge is 0.894 e. The van der Waals surface area contributed by atoms with Crippen molar-refractivity contribution < 1.29 is 37.1 Å². The maximum Gasteiger partial charge on any atom is 0.0782 e. The van der Waals surface area contributed by atoms with Crippen LogP contribution in [0.25, 0.3) is 0 Å². The van der Waals surface area contributed by atoms with Gasteiger partial charge in [0.15, 0.2) is 0 Å². The van der Waals surface area contributed by atoms with Crippen LogP contribution in [0.15, 0.2) is 0 Å². The summed E-state index contributed by atoms with van der Waals surface area (Å²) in [5, 5.41) is 0. The van der Waals surface area contributed by atoms with Crippen LogP contribution < -0.4 is 19.2 Å². The van der Waals surface area contributed by atoms with E-state index >= 15 is 0 Å². The van der Waals surface area contributed by atoms with Gasteiger partial charge in [0.25, 0.3) is 0 Å². The van der Waals surface area contributed by atoms with Gasteiger partial charge in [-0.05, 0) is 51.4 Å². The summed E-state index contributed by atoms with van der Waals surface area (Å²) in [5.41, 5.74) is 0. The predicted molar refractivity (Wildman–Crippen MR) is 212 cm³/mol. The second-order valence-corrected chi connectivity index (χ2v) is 17.9. The van der Waals surface area contributed by atoms with E-state index < -0.39 is 9.05 Å². The molecule has 0 aromatic heterocycles. The molecule has 0 aliphatic heterocycles. The van der Waals surface area contributed by atoms with Crippen LogP contribution in [0.2, 0.25) is 0 Å². The van der Waals surface area contributed by atoms with Crippen molar-refractivity contribution in [2.24, 2.45) is 0 Å². The fourth-order valence-corrected chi connectivity index (χ4v) is 5.14. The van der Waals surface area contributed by atoms with E-state index in [2.05, 4.69) is 112 Å². The maximum atomic E-state index is 8.58. The van der Waals surface area contributed by atoms with Crippen molar-refractivity contribution in [3.05, 3.63) is 0 Å². The summed E-state index contributed by atoms with van der Waals surface area (Å²) in [6.07, 6.45) is 21.6. The van der Waals surface area contributed by atoms with Crippen molar-refractivity contribution in [2.75, 3.05) is 109 Å². The van der Waals surface area contributed by atoms with Gasteiger partial charge in [-0.25, -0.2) is 0 Å². The van der Waals surface area contributed by atoms with Gasteiger partial charge >= 0.3 is 0 Å². The number of hydrogen-bond acceptors (Lipinski definition) is 4. The highest BCUT2D eigenvalue weighted by Crippen LogP contribution is 2.06. The van der Waals surface area contributed by atoms with Gasteiger partial charge in [-0.2, -0.15) is 0 Å². The van der Waals surface area contributed by atoms with Crippen molar-refractivity contribution in [3.8, 4) is 0 Å². The molecule has 9 heteroatoms. The van der Waals surface area contributed by atoms with Crippen LogP contribution in [0.5, 0.6) is 0 Å². The Morgan fingerprint density at radius 3 is 0.408 bits per heavy atom. The third kappa shape index (κ3) is 63.4. The molecular weight excluding hydrogens is 629 g/mol. The minimum absolute atomic E-state index is 1.21. The Labute approximate surface area is 312 Å². The van der Waals surface area contributed by atoms with Crippen LogP contribution in [0, 0.1) is 0 Å². The Kier molecular flexibility index (Phi) is 43.1. The van der Waals surface area contributed by atoms with Crippen molar-refractivity contribution in [2.45, 2.75) is 158 Å². The molecule has 304 valence electrons. The lowest BCUT2D eigenvalue weighted by Crippen LogP contribution is -2.82. The number of hydrogen-bond donors (Lipinski definition) is 0. The summed E-state index contributed by atoms with van der Waals surface area (Å²) in [6, 6.07) is 0. The molecule has 0 rings (SSSR count). The normalized spacial score (nSPS) is 12.0. The fourth-order valence-electron chi connectivity index (χ4n) is 5.14. The van der Waals surface area contributed by atoms with Gasteiger partial charge in [-0.1, -0.05) is 107 Å². The molecule has 0 N–H and O–H groups in total. The first-order valence-electron chi connectivity index (χ1n) is 20.6. The summed E-state index contributed by atoms with van der Waals surface area (Å²) >= 11 is 0. The van der Waals surface area contributed by atoms with E-state index in [0.29, 0.717) is 0 Å². The van der Waals surface area contributed by atoms with Crippen LogP contribution in [0.4, 0.5) is 0 Å². The number of quaternary nitrogens is 4. The van der Waals surface area contributed by atoms with E-state index in [9.17, 15) is 0 Å². The zero-order valence-electron chi connectivity index (χ0n) is 36.9. The minimum Gasteiger partial charge on any atom is -0.894 e. The third-order valence-corrected chi connectivity index (χ3v) is 8.94. The third-order valence-electron chi connectivity index (χ3n) is 8.94. The van der Waals surface area contributed by atoms with Gasteiger partial charge in [0.2, 0.25) is 0 Å². The van der Waals surface area contributed by atoms with Crippen molar-refractivity contribution in [3.63, 3.8) is 0 Å². The highest BCUT2D eigenvalue weighted by Gasteiger charge is 2.14. The molecule has 0 amide bonds. The fraction of sp³-hybridized carbons (Fsp3) is 1.00. The smallest absolute Gasteiger partial charge is 0.0782 e. The first-order valence-corrected chi connectivity index (χ1v) is 22.2. The van der Waals surface area contributed by atoms with Crippen LogP contribution in [-0.4, -0.2) is 136 Å². The summed E-state index contributed by atoms with van der Waals surface area (Å²) < 4.78 is 4.84. The molecule has 0 atom stereocenters. The molecule has 0 saturated heterocycles. The Morgan fingerprint density at radius 1 is 0.265 bits per heavy atom. The molecule has 0 bridgehead atoms. The topological polar surface area (TPSA) is 92.2 Å².